The Morgan fingerprint density at radius 1 is 1.10 bits per heavy atom. The zero-order valence-electron chi connectivity index (χ0n) is 17.2. The molecule has 9 heteroatoms. The Labute approximate surface area is 181 Å². The number of thioether (sulfide) groups is 1. The van der Waals surface area contributed by atoms with Crippen molar-refractivity contribution in [2.45, 2.75) is 36.0 Å². The van der Waals surface area contributed by atoms with Crippen molar-refractivity contribution in [3.63, 3.8) is 0 Å². The molecule has 0 fully saturated rings. The van der Waals surface area contributed by atoms with E-state index in [1.165, 1.54) is 31.0 Å². The monoisotopic (exact) mass is 453 g/mol. The fourth-order valence-electron chi connectivity index (χ4n) is 2.61. The molecule has 2 N–H and O–H groups in total. The van der Waals surface area contributed by atoms with E-state index in [0.29, 0.717) is 23.7 Å². The van der Waals surface area contributed by atoms with E-state index in [2.05, 4.69) is 4.72 Å². The minimum Gasteiger partial charge on any atom is -0.468 e. The van der Waals surface area contributed by atoms with E-state index in [-0.39, 0.29) is 11.5 Å². The van der Waals surface area contributed by atoms with Gasteiger partial charge in [-0.2, -0.15) is 16.5 Å². The topological polar surface area (TPSA) is 102 Å². The molecule has 2 rings (SSSR count). The highest BCUT2D eigenvalue weighted by Crippen LogP contribution is 2.31. The molecule has 0 bridgehead atoms. The molecule has 164 valence electrons. The number of rotatable bonds is 11. The normalized spacial score (nSPS) is 12.9. The number of methoxy groups -OCH3 is 1. The summed E-state index contributed by atoms with van der Waals surface area (Å²) in [5, 5.41) is 8.98. The van der Waals surface area contributed by atoms with Gasteiger partial charge in [-0.25, -0.2) is 8.42 Å². The minimum atomic E-state index is -3.99. The first kappa shape index (κ1) is 24.2. The molecule has 2 aromatic carbocycles. The Morgan fingerprint density at radius 2 is 1.70 bits per heavy atom. The fourth-order valence-corrected chi connectivity index (χ4v) is 5.14. The van der Waals surface area contributed by atoms with Gasteiger partial charge >= 0.3 is 5.97 Å². The van der Waals surface area contributed by atoms with Crippen molar-refractivity contribution in [3.8, 4) is 11.5 Å². The molecule has 0 radical (unpaired) electrons. The summed E-state index contributed by atoms with van der Waals surface area (Å²) in [4.78, 5) is 12.3. The predicted molar refractivity (Wildman–Crippen MR) is 117 cm³/mol. The van der Waals surface area contributed by atoms with Gasteiger partial charge in [-0.3, -0.25) is 4.79 Å². The molecule has 0 spiro atoms. The summed E-state index contributed by atoms with van der Waals surface area (Å²) in [6, 6.07) is 14.0. The van der Waals surface area contributed by atoms with E-state index in [0.717, 1.165) is 0 Å². The van der Waals surface area contributed by atoms with Gasteiger partial charge in [0.25, 0.3) is 0 Å². The second-order valence-electron chi connectivity index (χ2n) is 6.99. The number of para-hydroxylation sites is 1. The summed E-state index contributed by atoms with van der Waals surface area (Å²) in [7, 11) is -2.77. The summed E-state index contributed by atoms with van der Waals surface area (Å²) in [6.07, 6.45) is 0.539. The van der Waals surface area contributed by atoms with E-state index in [4.69, 9.17) is 14.6 Å². The smallest absolute Gasteiger partial charge is 0.325 e. The average Bonchev–Trinajstić information content (AvgIpc) is 2.72. The van der Waals surface area contributed by atoms with Crippen molar-refractivity contribution < 1.29 is 27.8 Å². The number of aliphatic hydroxyl groups excluding tert-OH is 1. The maximum Gasteiger partial charge on any atom is 0.325 e. The zero-order chi connectivity index (χ0) is 22.2. The van der Waals surface area contributed by atoms with Gasteiger partial charge in [0.2, 0.25) is 10.0 Å². The quantitative estimate of drug-likeness (QED) is 0.398. The highest BCUT2D eigenvalue weighted by atomic mass is 32.2. The lowest BCUT2D eigenvalue weighted by molar-refractivity contribution is -0.143. The number of carbonyl (C=O) groups excluding carboxylic acids is 1. The van der Waals surface area contributed by atoms with Crippen molar-refractivity contribution in [1.82, 2.24) is 4.72 Å². The molecule has 0 amide bonds. The molecular weight excluding hydrogens is 426 g/mol. The lowest BCUT2D eigenvalue weighted by Gasteiger charge is -2.32. The molecule has 2 aromatic rings. The molecule has 0 aliphatic rings. The van der Waals surface area contributed by atoms with E-state index >= 15 is 0 Å². The van der Waals surface area contributed by atoms with Gasteiger partial charge in [0.1, 0.15) is 17.5 Å². The molecule has 0 aliphatic heterocycles. The summed E-state index contributed by atoms with van der Waals surface area (Å²) in [5.74, 6) is 1.02. The Kier molecular flexibility index (Phi) is 8.72. The van der Waals surface area contributed by atoms with Crippen molar-refractivity contribution in [2.75, 3.05) is 19.5 Å². The standard InChI is InChI=1S/C21H27NO6S2/c1-21(2,29-15-7-14-23)19(20(24)27-3)22-30(25,26)18-12-10-17(11-13-18)28-16-8-5-4-6-9-16/h4-6,8-13,19,22-23H,7,14-15H2,1-3H3/t19-/m0/s1. The maximum atomic E-state index is 12.9. The third-order valence-electron chi connectivity index (χ3n) is 4.29. The number of esters is 1. The van der Waals surface area contributed by atoms with E-state index < -0.39 is 26.8 Å². The highest BCUT2D eigenvalue weighted by molar-refractivity contribution is 8.00. The van der Waals surface area contributed by atoms with Crippen LogP contribution in [0, 0.1) is 0 Å². The summed E-state index contributed by atoms with van der Waals surface area (Å²) in [6.45, 7) is 3.54. The third kappa shape index (κ3) is 6.73. The van der Waals surface area contributed by atoms with Gasteiger partial charge in [-0.05, 0) is 62.4 Å². The van der Waals surface area contributed by atoms with Gasteiger partial charge in [-0.1, -0.05) is 18.2 Å². The molecule has 30 heavy (non-hydrogen) atoms. The van der Waals surface area contributed by atoms with Crippen LogP contribution >= 0.6 is 11.8 Å². The largest absolute Gasteiger partial charge is 0.468 e. The number of ether oxygens (including phenoxy) is 2. The first-order valence-corrected chi connectivity index (χ1v) is 11.8. The van der Waals surface area contributed by atoms with E-state index in [9.17, 15) is 13.2 Å². The second kappa shape index (κ2) is 10.8. The van der Waals surface area contributed by atoms with Crippen LogP contribution in [0.2, 0.25) is 0 Å². The van der Waals surface area contributed by atoms with Crippen LogP contribution < -0.4 is 9.46 Å². The van der Waals surface area contributed by atoms with Crippen molar-refractivity contribution in [3.05, 3.63) is 54.6 Å². The molecule has 0 unspecified atom stereocenters. The molecule has 7 nitrogen and oxygen atoms in total. The lowest BCUT2D eigenvalue weighted by Crippen LogP contribution is -2.53. The van der Waals surface area contributed by atoms with Crippen LogP contribution in [0.15, 0.2) is 59.5 Å². The Hall–Kier alpha value is -2.07. The zero-order valence-corrected chi connectivity index (χ0v) is 18.8. The van der Waals surface area contributed by atoms with E-state index in [1.807, 2.05) is 18.2 Å². The Bertz CT molecular complexity index is 914. The molecule has 0 heterocycles. The van der Waals surface area contributed by atoms with Crippen LogP contribution in [-0.2, 0) is 19.6 Å². The van der Waals surface area contributed by atoms with Gasteiger partial charge in [0.15, 0.2) is 0 Å². The number of benzene rings is 2. The molecule has 0 saturated carbocycles. The van der Waals surface area contributed by atoms with Gasteiger partial charge in [-0.15, -0.1) is 0 Å². The SMILES string of the molecule is COC(=O)[C@H](NS(=O)(=O)c1ccc(Oc2ccccc2)cc1)C(C)(C)SCCCO. The first-order valence-electron chi connectivity index (χ1n) is 9.37. The van der Waals surface area contributed by atoms with Crippen LogP contribution in [-0.4, -0.2) is 49.8 Å². The van der Waals surface area contributed by atoms with Gasteiger partial charge in [0, 0.05) is 11.4 Å². The summed E-state index contributed by atoms with van der Waals surface area (Å²) < 4.78 is 38.0. The number of hydrogen-bond acceptors (Lipinski definition) is 7. The van der Waals surface area contributed by atoms with Gasteiger partial charge in [0.05, 0.1) is 12.0 Å². The van der Waals surface area contributed by atoms with Gasteiger partial charge < -0.3 is 14.6 Å². The Morgan fingerprint density at radius 3 is 2.27 bits per heavy atom. The minimum absolute atomic E-state index is 0.00738. The molecule has 0 aliphatic carbocycles. The van der Waals surface area contributed by atoms with Crippen LogP contribution in [0.25, 0.3) is 0 Å². The summed E-state index contributed by atoms with van der Waals surface area (Å²) in [5.41, 5.74) is 0. The second-order valence-corrected chi connectivity index (χ2v) is 10.5. The fraction of sp³-hybridized carbons (Fsp3) is 0.381. The molecular formula is C21H27NO6S2. The number of sulfonamides is 1. The molecule has 0 aromatic heterocycles. The van der Waals surface area contributed by atoms with Crippen LogP contribution in [0.5, 0.6) is 11.5 Å². The third-order valence-corrected chi connectivity index (χ3v) is 7.21. The van der Waals surface area contributed by atoms with E-state index in [1.54, 1.807) is 38.1 Å². The average molecular weight is 454 g/mol. The van der Waals surface area contributed by atoms with Crippen molar-refractivity contribution in [2.24, 2.45) is 0 Å². The first-order chi connectivity index (χ1) is 14.2. The van der Waals surface area contributed by atoms with Crippen LogP contribution in [0.4, 0.5) is 0 Å². The predicted octanol–water partition coefficient (Wildman–Crippen LogP) is 3.19. The summed E-state index contributed by atoms with van der Waals surface area (Å²) >= 11 is 1.39. The van der Waals surface area contributed by atoms with Crippen LogP contribution in [0.3, 0.4) is 0 Å². The number of nitrogens with one attached hydrogen (secondary N) is 1. The highest BCUT2D eigenvalue weighted by Gasteiger charge is 2.39. The molecule has 1 atom stereocenters. The molecule has 0 saturated heterocycles. The number of aliphatic hydroxyl groups is 1. The Balaban J connectivity index is 2.17. The van der Waals surface area contributed by atoms with Crippen molar-refractivity contribution in [1.29, 1.82) is 0 Å². The lowest BCUT2D eigenvalue weighted by atomic mass is 10.0. The van der Waals surface area contributed by atoms with Crippen LogP contribution in [0.1, 0.15) is 20.3 Å². The number of hydrogen-bond donors (Lipinski definition) is 2. The van der Waals surface area contributed by atoms with Crippen molar-refractivity contribution >= 4 is 27.8 Å². The maximum absolute atomic E-state index is 12.9. The number of carbonyl (C=O) groups is 1.